The lowest BCUT2D eigenvalue weighted by atomic mass is 10.1. The van der Waals surface area contributed by atoms with E-state index < -0.39 is 0 Å². The molecule has 0 saturated carbocycles. The first kappa shape index (κ1) is 15.1. The van der Waals surface area contributed by atoms with Gasteiger partial charge in [0.05, 0.1) is 5.56 Å². The number of carbonyl (C=O) groups excluding carboxylic acids is 1. The smallest absolute Gasteiger partial charge is 0.247 e. The zero-order valence-electron chi connectivity index (χ0n) is 12.2. The van der Waals surface area contributed by atoms with Gasteiger partial charge in [0.1, 0.15) is 17.1 Å². The summed E-state index contributed by atoms with van der Waals surface area (Å²) in [6, 6.07) is 9.42. The monoisotopic (exact) mass is 299 g/mol. The number of nitriles is 1. The van der Waals surface area contributed by atoms with Gasteiger partial charge in [0.2, 0.25) is 5.91 Å². The molecule has 108 valence electrons. The number of carbonyl (C=O) groups is 1. The van der Waals surface area contributed by atoms with Crippen LogP contribution in [0.2, 0.25) is 0 Å². The zero-order valence-corrected chi connectivity index (χ0v) is 13.0. The van der Waals surface area contributed by atoms with E-state index in [1.807, 2.05) is 26.0 Å². The van der Waals surface area contributed by atoms with Crippen LogP contribution in [0.15, 0.2) is 29.6 Å². The fraction of sp³-hybridized carbons (Fsp3) is 0.250. The van der Waals surface area contributed by atoms with Gasteiger partial charge >= 0.3 is 0 Å². The Labute approximate surface area is 128 Å². The summed E-state index contributed by atoms with van der Waals surface area (Å²) in [4.78, 5) is 12.2. The standard InChI is InChI=1S/C16H17N3OS/c1-10-4-5-14(11(2)8-10)18-12(3)15(20)19-16-13(9-17)6-7-21-16/h4-8,12,18H,1-3H3,(H,19,20)/t12-/m1/s1. The molecule has 0 aliphatic carbocycles. The molecule has 1 aromatic heterocycles. The maximum Gasteiger partial charge on any atom is 0.247 e. The van der Waals surface area contributed by atoms with Crippen LogP contribution in [-0.4, -0.2) is 11.9 Å². The molecule has 0 bridgehead atoms. The topological polar surface area (TPSA) is 64.9 Å². The SMILES string of the molecule is Cc1ccc(N[C@H](C)C(=O)Nc2sccc2C#N)c(C)c1. The minimum atomic E-state index is -0.389. The van der Waals surface area contributed by atoms with Crippen LogP contribution in [0.3, 0.4) is 0 Å². The summed E-state index contributed by atoms with van der Waals surface area (Å²) in [5, 5.41) is 17.3. The third kappa shape index (κ3) is 3.61. The Morgan fingerprint density at radius 1 is 1.33 bits per heavy atom. The molecule has 0 aliphatic heterocycles. The van der Waals surface area contributed by atoms with Gasteiger partial charge in [0.25, 0.3) is 0 Å². The van der Waals surface area contributed by atoms with Crippen LogP contribution < -0.4 is 10.6 Å². The molecule has 4 nitrogen and oxygen atoms in total. The third-order valence-electron chi connectivity index (χ3n) is 3.17. The number of aryl methyl sites for hydroxylation is 2. The van der Waals surface area contributed by atoms with Gasteiger partial charge in [0, 0.05) is 5.69 Å². The maximum atomic E-state index is 12.2. The number of rotatable bonds is 4. The highest BCUT2D eigenvalue weighted by Gasteiger charge is 2.15. The van der Waals surface area contributed by atoms with Crippen molar-refractivity contribution < 1.29 is 4.79 Å². The Kier molecular flexibility index (Phi) is 4.61. The molecule has 0 radical (unpaired) electrons. The number of thiophene rings is 1. The molecule has 1 amide bonds. The number of hydrogen-bond donors (Lipinski definition) is 2. The van der Waals surface area contributed by atoms with Gasteiger partial charge in [0.15, 0.2) is 0 Å². The van der Waals surface area contributed by atoms with Crippen molar-refractivity contribution in [3.8, 4) is 6.07 Å². The van der Waals surface area contributed by atoms with Crippen molar-refractivity contribution in [1.29, 1.82) is 5.26 Å². The van der Waals surface area contributed by atoms with E-state index >= 15 is 0 Å². The molecule has 0 saturated heterocycles. The van der Waals surface area contributed by atoms with Crippen molar-refractivity contribution in [2.24, 2.45) is 0 Å². The van der Waals surface area contributed by atoms with E-state index in [9.17, 15) is 4.79 Å². The van der Waals surface area contributed by atoms with Crippen molar-refractivity contribution >= 4 is 27.9 Å². The highest BCUT2D eigenvalue weighted by Crippen LogP contribution is 2.23. The van der Waals surface area contributed by atoms with Gasteiger partial charge in [-0.15, -0.1) is 11.3 Å². The van der Waals surface area contributed by atoms with Gasteiger partial charge in [-0.2, -0.15) is 5.26 Å². The van der Waals surface area contributed by atoms with Gasteiger partial charge < -0.3 is 10.6 Å². The van der Waals surface area contributed by atoms with E-state index in [-0.39, 0.29) is 11.9 Å². The summed E-state index contributed by atoms with van der Waals surface area (Å²) < 4.78 is 0. The van der Waals surface area contributed by atoms with Gasteiger partial charge in [-0.1, -0.05) is 17.7 Å². The average molecular weight is 299 g/mol. The molecule has 2 N–H and O–H groups in total. The Hall–Kier alpha value is -2.32. The molecule has 1 atom stereocenters. The highest BCUT2D eigenvalue weighted by atomic mass is 32.1. The Morgan fingerprint density at radius 2 is 2.10 bits per heavy atom. The molecule has 1 aromatic carbocycles. The predicted octanol–water partition coefficient (Wildman–Crippen LogP) is 3.68. The van der Waals surface area contributed by atoms with Crippen LogP contribution >= 0.6 is 11.3 Å². The number of amides is 1. The summed E-state index contributed by atoms with van der Waals surface area (Å²) in [6.07, 6.45) is 0. The lowest BCUT2D eigenvalue weighted by Crippen LogP contribution is -2.32. The summed E-state index contributed by atoms with van der Waals surface area (Å²) in [5.41, 5.74) is 3.72. The number of nitrogens with zero attached hydrogens (tertiary/aromatic N) is 1. The van der Waals surface area contributed by atoms with Crippen LogP contribution in [0.4, 0.5) is 10.7 Å². The summed E-state index contributed by atoms with van der Waals surface area (Å²) in [7, 11) is 0. The number of benzene rings is 1. The minimum Gasteiger partial charge on any atom is -0.374 e. The average Bonchev–Trinajstić information content (AvgIpc) is 2.89. The lowest BCUT2D eigenvalue weighted by molar-refractivity contribution is -0.116. The summed E-state index contributed by atoms with van der Waals surface area (Å²) >= 11 is 1.35. The summed E-state index contributed by atoms with van der Waals surface area (Å²) in [5.74, 6) is -0.158. The van der Waals surface area contributed by atoms with Crippen LogP contribution in [0, 0.1) is 25.2 Å². The first-order chi connectivity index (χ1) is 10.0. The van der Waals surface area contributed by atoms with Crippen LogP contribution in [0.25, 0.3) is 0 Å². The summed E-state index contributed by atoms with van der Waals surface area (Å²) in [6.45, 7) is 5.84. The van der Waals surface area contributed by atoms with Crippen molar-refractivity contribution in [3.63, 3.8) is 0 Å². The fourth-order valence-corrected chi connectivity index (χ4v) is 2.73. The van der Waals surface area contributed by atoms with Gasteiger partial charge in [-0.3, -0.25) is 4.79 Å². The van der Waals surface area contributed by atoms with E-state index in [2.05, 4.69) is 22.8 Å². The van der Waals surface area contributed by atoms with Crippen LogP contribution in [0.1, 0.15) is 23.6 Å². The second-order valence-electron chi connectivity index (χ2n) is 4.95. The molecular formula is C16H17N3OS. The van der Waals surface area contributed by atoms with E-state index in [0.717, 1.165) is 11.3 Å². The molecule has 1 heterocycles. The van der Waals surface area contributed by atoms with Crippen molar-refractivity contribution in [3.05, 3.63) is 46.3 Å². The van der Waals surface area contributed by atoms with E-state index in [0.29, 0.717) is 10.6 Å². The first-order valence-electron chi connectivity index (χ1n) is 6.63. The Bertz CT molecular complexity index is 700. The number of hydrogen-bond acceptors (Lipinski definition) is 4. The van der Waals surface area contributed by atoms with E-state index in [1.165, 1.54) is 16.9 Å². The second-order valence-corrected chi connectivity index (χ2v) is 5.86. The zero-order chi connectivity index (χ0) is 15.4. The Balaban J connectivity index is 2.05. The van der Waals surface area contributed by atoms with Gasteiger partial charge in [-0.05, 0) is 43.8 Å². The third-order valence-corrected chi connectivity index (χ3v) is 4.00. The molecular weight excluding hydrogens is 282 g/mol. The number of nitrogens with one attached hydrogen (secondary N) is 2. The van der Waals surface area contributed by atoms with Crippen molar-refractivity contribution in [2.75, 3.05) is 10.6 Å². The Morgan fingerprint density at radius 3 is 2.76 bits per heavy atom. The van der Waals surface area contributed by atoms with Crippen LogP contribution in [-0.2, 0) is 4.79 Å². The molecule has 0 aliphatic rings. The number of anilines is 2. The maximum absolute atomic E-state index is 12.2. The highest BCUT2D eigenvalue weighted by molar-refractivity contribution is 7.14. The van der Waals surface area contributed by atoms with Crippen molar-refractivity contribution in [2.45, 2.75) is 26.8 Å². The van der Waals surface area contributed by atoms with Crippen molar-refractivity contribution in [1.82, 2.24) is 0 Å². The van der Waals surface area contributed by atoms with E-state index in [4.69, 9.17) is 5.26 Å². The molecule has 2 aromatic rings. The molecule has 21 heavy (non-hydrogen) atoms. The molecule has 2 rings (SSSR count). The molecule has 0 unspecified atom stereocenters. The fourth-order valence-electron chi connectivity index (χ4n) is 1.99. The second kappa shape index (κ2) is 6.42. The minimum absolute atomic E-state index is 0.158. The van der Waals surface area contributed by atoms with Crippen LogP contribution in [0.5, 0.6) is 0 Å². The predicted molar refractivity (Wildman–Crippen MR) is 86.7 cm³/mol. The van der Waals surface area contributed by atoms with E-state index in [1.54, 1.807) is 18.4 Å². The molecule has 0 fully saturated rings. The quantitative estimate of drug-likeness (QED) is 0.905. The molecule has 5 heteroatoms. The largest absolute Gasteiger partial charge is 0.374 e. The normalized spacial score (nSPS) is 11.5. The van der Waals surface area contributed by atoms with Gasteiger partial charge in [-0.25, -0.2) is 0 Å². The molecule has 0 spiro atoms. The first-order valence-corrected chi connectivity index (χ1v) is 7.51. The lowest BCUT2D eigenvalue weighted by Gasteiger charge is -2.16.